The molecule has 1 aliphatic heterocycles. The first-order chi connectivity index (χ1) is 7.99. The molecule has 1 fully saturated rings. The van der Waals surface area contributed by atoms with Crippen LogP contribution in [0.5, 0.6) is 0 Å². The molecule has 1 aliphatic rings. The minimum Gasteiger partial charge on any atom is -0.481 e. The third-order valence-electron chi connectivity index (χ3n) is 2.86. The minimum absolute atomic E-state index is 0.0371. The lowest BCUT2D eigenvalue weighted by molar-refractivity contribution is -0.137. The molecule has 3 N–H and O–H groups in total. The molecular weight excluding hydrogens is 224 g/mol. The number of ether oxygens (including phenoxy) is 1. The van der Waals surface area contributed by atoms with Gasteiger partial charge in [-0.2, -0.15) is 0 Å². The Morgan fingerprint density at radius 2 is 2.24 bits per heavy atom. The van der Waals surface area contributed by atoms with Gasteiger partial charge in [-0.1, -0.05) is 0 Å². The number of urea groups is 1. The Hall–Kier alpha value is -1.30. The van der Waals surface area contributed by atoms with Gasteiger partial charge in [-0.3, -0.25) is 4.79 Å². The third kappa shape index (κ3) is 5.04. The minimum atomic E-state index is -0.850. The lowest BCUT2D eigenvalue weighted by Crippen LogP contribution is -2.47. The average molecular weight is 244 g/mol. The van der Waals surface area contributed by atoms with E-state index in [0.29, 0.717) is 13.0 Å². The van der Waals surface area contributed by atoms with Gasteiger partial charge in [-0.25, -0.2) is 4.79 Å². The summed E-state index contributed by atoms with van der Waals surface area (Å²) >= 11 is 0. The Morgan fingerprint density at radius 3 is 2.76 bits per heavy atom. The van der Waals surface area contributed by atoms with Crippen LogP contribution in [0.4, 0.5) is 4.79 Å². The zero-order valence-electron chi connectivity index (χ0n) is 10.2. The first kappa shape index (κ1) is 13.8. The number of carbonyl (C=O) groups excluding carboxylic acids is 1. The number of amides is 2. The molecule has 0 spiro atoms. The van der Waals surface area contributed by atoms with E-state index in [1.807, 2.05) is 6.92 Å². The number of nitrogens with one attached hydrogen (secondary N) is 2. The molecule has 0 aliphatic carbocycles. The van der Waals surface area contributed by atoms with E-state index < -0.39 is 5.97 Å². The number of carbonyl (C=O) groups is 2. The van der Waals surface area contributed by atoms with E-state index in [1.165, 1.54) is 0 Å². The zero-order chi connectivity index (χ0) is 12.8. The first-order valence-electron chi connectivity index (χ1n) is 5.89. The molecule has 0 saturated carbocycles. The lowest BCUT2D eigenvalue weighted by atomic mass is 10.1. The smallest absolute Gasteiger partial charge is 0.315 e. The van der Waals surface area contributed by atoms with E-state index in [0.717, 1.165) is 6.42 Å². The molecule has 0 aromatic rings. The second kappa shape index (κ2) is 6.44. The molecule has 6 nitrogen and oxygen atoms in total. The van der Waals surface area contributed by atoms with E-state index >= 15 is 0 Å². The summed E-state index contributed by atoms with van der Waals surface area (Å²) in [5.41, 5.74) is 0. The number of hydrogen-bond donors (Lipinski definition) is 3. The van der Waals surface area contributed by atoms with Gasteiger partial charge in [-0.15, -0.1) is 0 Å². The van der Waals surface area contributed by atoms with Crippen LogP contribution in [-0.2, 0) is 9.53 Å². The number of carboxylic acids is 1. The predicted octanol–water partition coefficient (Wildman–Crippen LogP) is 0.716. The maximum atomic E-state index is 11.6. The van der Waals surface area contributed by atoms with Crippen LogP contribution < -0.4 is 10.6 Å². The normalized spacial score (nSPS) is 25.3. The Balaban J connectivity index is 2.21. The SMILES string of the molecule is CC(CCC(=O)O)NC(=O)NC1CCOC1C. The average Bonchev–Trinajstić information content (AvgIpc) is 2.61. The van der Waals surface area contributed by atoms with Gasteiger partial charge in [0.25, 0.3) is 0 Å². The van der Waals surface area contributed by atoms with Crippen molar-refractivity contribution in [3.05, 3.63) is 0 Å². The summed E-state index contributed by atoms with van der Waals surface area (Å²) < 4.78 is 5.33. The van der Waals surface area contributed by atoms with Gasteiger partial charge < -0.3 is 20.5 Å². The molecule has 1 saturated heterocycles. The Kier molecular flexibility index (Phi) is 5.21. The summed E-state index contributed by atoms with van der Waals surface area (Å²) in [6.07, 6.45) is 1.34. The van der Waals surface area contributed by atoms with Crippen LogP contribution in [0.15, 0.2) is 0 Å². The number of hydrogen-bond acceptors (Lipinski definition) is 3. The van der Waals surface area contributed by atoms with Crippen LogP contribution in [0.25, 0.3) is 0 Å². The van der Waals surface area contributed by atoms with E-state index in [1.54, 1.807) is 6.92 Å². The second-order valence-electron chi connectivity index (χ2n) is 4.42. The monoisotopic (exact) mass is 244 g/mol. The summed E-state index contributed by atoms with van der Waals surface area (Å²) in [4.78, 5) is 21.9. The summed E-state index contributed by atoms with van der Waals surface area (Å²) in [7, 11) is 0. The molecule has 17 heavy (non-hydrogen) atoms. The van der Waals surface area contributed by atoms with Crippen molar-refractivity contribution in [2.24, 2.45) is 0 Å². The van der Waals surface area contributed by atoms with Crippen molar-refractivity contribution in [2.45, 2.75) is 51.3 Å². The topological polar surface area (TPSA) is 87.7 Å². The second-order valence-corrected chi connectivity index (χ2v) is 4.42. The molecule has 6 heteroatoms. The van der Waals surface area contributed by atoms with Gasteiger partial charge in [0, 0.05) is 19.1 Å². The Morgan fingerprint density at radius 1 is 1.53 bits per heavy atom. The van der Waals surface area contributed by atoms with E-state index in [9.17, 15) is 9.59 Å². The van der Waals surface area contributed by atoms with Gasteiger partial charge in [0.1, 0.15) is 0 Å². The van der Waals surface area contributed by atoms with Gasteiger partial charge in [-0.05, 0) is 26.7 Å². The standard InChI is InChI=1S/C11H20N2O4/c1-7(3-4-10(14)15)12-11(16)13-9-5-6-17-8(9)2/h7-9H,3-6H2,1-2H3,(H,14,15)(H2,12,13,16). The van der Waals surface area contributed by atoms with Crippen molar-refractivity contribution in [1.29, 1.82) is 0 Å². The van der Waals surface area contributed by atoms with Crippen molar-refractivity contribution in [2.75, 3.05) is 6.61 Å². The number of carboxylic acid groups (broad SMARTS) is 1. The molecule has 98 valence electrons. The summed E-state index contributed by atoms with van der Waals surface area (Å²) in [5, 5.41) is 14.1. The van der Waals surface area contributed by atoms with Crippen LogP contribution in [0.2, 0.25) is 0 Å². The van der Waals surface area contributed by atoms with Gasteiger partial charge >= 0.3 is 12.0 Å². The molecular formula is C11H20N2O4. The zero-order valence-corrected chi connectivity index (χ0v) is 10.2. The molecule has 0 aromatic carbocycles. The fraction of sp³-hybridized carbons (Fsp3) is 0.818. The highest BCUT2D eigenvalue weighted by molar-refractivity contribution is 5.74. The summed E-state index contributed by atoms with van der Waals surface area (Å²) in [5.74, 6) is -0.850. The van der Waals surface area contributed by atoms with Gasteiger partial charge in [0.05, 0.1) is 12.1 Å². The van der Waals surface area contributed by atoms with Crippen molar-refractivity contribution in [3.8, 4) is 0 Å². The maximum absolute atomic E-state index is 11.6. The van der Waals surface area contributed by atoms with Crippen molar-refractivity contribution in [1.82, 2.24) is 10.6 Å². The highest BCUT2D eigenvalue weighted by Crippen LogP contribution is 2.12. The van der Waals surface area contributed by atoms with Crippen LogP contribution in [-0.4, -0.2) is 41.9 Å². The molecule has 3 atom stereocenters. The molecule has 1 rings (SSSR count). The molecule has 0 bridgehead atoms. The Bertz CT molecular complexity index is 283. The van der Waals surface area contributed by atoms with Crippen molar-refractivity contribution >= 4 is 12.0 Å². The molecule has 3 unspecified atom stereocenters. The number of aliphatic carboxylic acids is 1. The molecule has 1 heterocycles. The predicted molar refractivity (Wildman–Crippen MR) is 61.8 cm³/mol. The third-order valence-corrected chi connectivity index (χ3v) is 2.86. The van der Waals surface area contributed by atoms with E-state index in [4.69, 9.17) is 9.84 Å². The lowest BCUT2D eigenvalue weighted by Gasteiger charge is -2.19. The van der Waals surface area contributed by atoms with Gasteiger partial charge in [0.15, 0.2) is 0 Å². The quantitative estimate of drug-likeness (QED) is 0.665. The highest BCUT2D eigenvalue weighted by Gasteiger charge is 2.25. The van der Waals surface area contributed by atoms with Crippen LogP contribution >= 0.6 is 0 Å². The molecule has 0 aromatic heterocycles. The Labute approximate surface area is 101 Å². The molecule has 2 amide bonds. The van der Waals surface area contributed by atoms with E-state index in [-0.39, 0.29) is 30.6 Å². The summed E-state index contributed by atoms with van der Waals surface area (Å²) in [6.45, 7) is 4.38. The van der Waals surface area contributed by atoms with Gasteiger partial charge in [0.2, 0.25) is 0 Å². The highest BCUT2D eigenvalue weighted by atomic mass is 16.5. The van der Waals surface area contributed by atoms with Crippen LogP contribution in [0.1, 0.15) is 33.1 Å². The van der Waals surface area contributed by atoms with Crippen molar-refractivity contribution in [3.63, 3.8) is 0 Å². The summed E-state index contributed by atoms with van der Waals surface area (Å²) in [6, 6.07) is -0.365. The van der Waals surface area contributed by atoms with Crippen LogP contribution in [0, 0.1) is 0 Å². The molecule has 0 radical (unpaired) electrons. The fourth-order valence-corrected chi connectivity index (χ4v) is 1.77. The first-order valence-corrected chi connectivity index (χ1v) is 5.89. The van der Waals surface area contributed by atoms with Crippen molar-refractivity contribution < 1.29 is 19.4 Å². The van der Waals surface area contributed by atoms with E-state index in [2.05, 4.69) is 10.6 Å². The van der Waals surface area contributed by atoms with Crippen LogP contribution in [0.3, 0.4) is 0 Å². The largest absolute Gasteiger partial charge is 0.481 e. The number of rotatable bonds is 5. The maximum Gasteiger partial charge on any atom is 0.315 e. The fourth-order valence-electron chi connectivity index (χ4n) is 1.77.